The SMILES string of the molecule is COC(=O)CC(C)NC(=O)C1CC1c1cccc(C)c1. The molecule has 1 aliphatic rings. The molecule has 108 valence electrons. The number of hydrogen-bond acceptors (Lipinski definition) is 3. The van der Waals surface area contributed by atoms with Gasteiger partial charge in [0.05, 0.1) is 13.5 Å². The first-order chi connectivity index (χ1) is 9.51. The molecule has 4 heteroatoms. The fourth-order valence-corrected chi connectivity index (χ4v) is 2.49. The summed E-state index contributed by atoms with van der Waals surface area (Å²) in [6.45, 7) is 3.87. The van der Waals surface area contributed by atoms with Gasteiger partial charge in [-0.05, 0) is 31.7 Å². The topological polar surface area (TPSA) is 55.4 Å². The van der Waals surface area contributed by atoms with Crippen molar-refractivity contribution in [2.45, 2.75) is 38.6 Å². The molecule has 4 nitrogen and oxygen atoms in total. The van der Waals surface area contributed by atoms with E-state index in [9.17, 15) is 9.59 Å². The average molecular weight is 275 g/mol. The Morgan fingerprint density at radius 1 is 1.45 bits per heavy atom. The first-order valence-electron chi connectivity index (χ1n) is 6.95. The fourth-order valence-electron chi connectivity index (χ4n) is 2.49. The first kappa shape index (κ1) is 14.6. The van der Waals surface area contributed by atoms with Crippen molar-refractivity contribution >= 4 is 11.9 Å². The molecule has 2 rings (SSSR count). The van der Waals surface area contributed by atoms with Crippen LogP contribution in [0.1, 0.15) is 36.8 Å². The minimum Gasteiger partial charge on any atom is -0.469 e. The molecule has 1 amide bonds. The Hall–Kier alpha value is -1.84. The van der Waals surface area contributed by atoms with Gasteiger partial charge >= 0.3 is 5.97 Å². The van der Waals surface area contributed by atoms with Gasteiger partial charge in [-0.15, -0.1) is 0 Å². The Morgan fingerprint density at radius 2 is 2.20 bits per heavy atom. The lowest BCUT2D eigenvalue weighted by Gasteiger charge is -2.12. The van der Waals surface area contributed by atoms with E-state index in [0.29, 0.717) is 5.92 Å². The molecule has 0 aromatic heterocycles. The van der Waals surface area contributed by atoms with Crippen molar-refractivity contribution in [2.75, 3.05) is 7.11 Å². The Morgan fingerprint density at radius 3 is 2.85 bits per heavy atom. The van der Waals surface area contributed by atoms with Crippen LogP contribution < -0.4 is 5.32 Å². The van der Waals surface area contributed by atoms with Crippen LogP contribution in [0, 0.1) is 12.8 Å². The van der Waals surface area contributed by atoms with E-state index >= 15 is 0 Å². The van der Waals surface area contributed by atoms with E-state index in [1.807, 2.05) is 13.0 Å². The number of benzene rings is 1. The average Bonchev–Trinajstić information content (AvgIpc) is 3.18. The summed E-state index contributed by atoms with van der Waals surface area (Å²) in [7, 11) is 1.35. The second-order valence-electron chi connectivity index (χ2n) is 5.55. The number of ether oxygens (including phenoxy) is 1. The van der Waals surface area contributed by atoms with Gasteiger partial charge in [0.1, 0.15) is 0 Å². The van der Waals surface area contributed by atoms with Crippen LogP contribution in [0.2, 0.25) is 0 Å². The molecule has 1 aromatic carbocycles. The van der Waals surface area contributed by atoms with Gasteiger partial charge in [0.15, 0.2) is 0 Å². The molecular weight excluding hydrogens is 254 g/mol. The Bertz CT molecular complexity index is 512. The standard InChI is InChI=1S/C16H21NO3/c1-10-5-4-6-12(7-10)13-9-14(13)16(19)17-11(2)8-15(18)20-3/h4-7,11,13-14H,8-9H2,1-3H3,(H,17,19). The molecule has 1 fully saturated rings. The number of carbonyl (C=O) groups excluding carboxylic acids is 2. The van der Waals surface area contributed by atoms with Gasteiger partial charge in [0.2, 0.25) is 5.91 Å². The molecule has 1 N–H and O–H groups in total. The van der Waals surface area contributed by atoms with Crippen molar-refractivity contribution in [3.63, 3.8) is 0 Å². The monoisotopic (exact) mass is 275 g/mol. The summed E-state index contributed by atoms with van der Waals surface area (Å²) in [5.41, 5.74) is 2.44. The lowest BCUT2D eigenvalue weighted by molar-refractivity contribution is -0.141. The molecular formula is C16H21NO3. The van der Waals surface area contributed by atoms with Crippen LogP contribution in [0.25, 0.3) is 0 Å². The molecule has 20 heavy (non-hydrogen) atoms. The van der Waals surface area contributed by atoms with Gasteiger partial charge in [0.25, 0.3) is 0 Å². The minimum atomic E-state index is -0.302. The van der Waals surface area contributed by atoms with Crippen LogP contribution >= 0.6 is 0 Å². The van der Waals surface area contributed by atoms with Gasteiger partial charge in [-0.25, -0.2) is 0 Å². The van der Waals surface area contributed by atoms with Crippen molar-refractivity contribution in [3.05, 3.63) is 35.4 Å². The van der Waals surface area contributed by atoms with E-state index in [-0.39, 0.29) is 30.3 Å². The van der Waals surface area contributed by atoms with Gasteiger partial charge in [0, 0.05) is 12.0 Å². The lowest BCUT2D eigenvalue weighted by atomic mass is 10.1. The minimum absolute atomic E-state index is 0.0351. The van der Waals surface area contributed by atoms with Crippen LogP contribution in [0.5, 0.6) is 0 Å². The van der Waals surface area contributed by atoms with Crippen molar-refractivity contribution < 1.29 is 14.3 Å². The normalized spacial score (nSPS) is 21.9. The molecule has 0 spiro atoms. The summed E-state index contributed by atoms with van der Waals surface area (Å²) < 4.78 is 4.59. The van der Waals surface area contributed by atoms with Gasteiger partial charge in [-0.1, -0.05) is 29.8 Å². The van der Waals surface area contributed by atoms with E-state index in [2.05, 4.69) is 35.2 Å². The number of esters is 1. The Kier molecular flexibility index (Phi) is 4.42. The van der Waals surface area contributed by atoms with Crippen LogP contribution in [-0.4, -0.2) is 25.0 Å². The van der Waals surface area contributed by atoms with E-state index in [4.69, 9.17) is 0 Å². The van der Waals surface area contributed by atoms with Gasteiger partial charge in [-0.3, -0.25) is 9.59 Å². The number of carbonyl (C=O) groups is 2. The van der Waals surface area contributed by atoms with E-state index in [0.717, 1.165) is 6.42 Å². The van der Waals surface area contributed by atoms with Crippen LogP contribution in [0.3, 0.4) is 0 Å². The number of methoxy groups -OCH3 is 1. The van der Waals surface area contributed by atoms with Crippen molar-refractivity contribution in [2.24, 2.45) is 5.92 Å². The number of hydrogen-bond donors (Lipinski definition) is 1. The molecule has 0 saturated heterocycles. The molecule has 3 unspecified atom stereocenters. The Balaban J connectivity index is 1.85. The third kappa shape index (κ3) is 3.59. The maximum atomic E-state index is 12.1. The van der Waals surface area contributed by atoms with Crippen molar-refractivity contribution in [1.82, 2.24) is 5.32 Å². The number of nitrogens with one attached hydrogen (secondary N) is 1. The molecule has 0 heterocycles. The summed E-state index contributed by atoms with van der Waals surface area (Å²) in [6, 6.07) is 8.10. The first-order valence-corrected chi connectivity index (χ1v) is 6.95. The number of amides is 1. The predicted octanol–water partition coefficient (Wildman–Crippen LogP) is 2.17. The van der Waals surface area contributed by atoms with Crippen molar-refractivity contribution in [1.29, 1.82) is 0 Å². The number of aryl methyl sites for hydroxylation is 1. The zero-order valence-electron chi connectivity index (χ0n) is 12.2. The van der Waals surface area contributed by atoms with Gasteiger partial charge < -0.3 is 10.1 Å². The zero-order valence-corrected chi connectivity index (χ0v) is 12.2. The van der Waals surface area contributed by atoms with Gasteiger partial charge in [-0.2, -0.15) is 0 Å². The highest BCUT2D eigenvalue weighted by Crippen LogP contribution is 2.47. The molecule has 3 atom stereocenters. The van der Waals surface area contributed by atoms with Crippen molar-refractivity contribution in [3.8, 4) is 0 Å². The van der Waals surface area contributed by atoms with E-state index in [1.54, 1.807) is 0 Å². The maximum absolute atomic E-state index is 12.1. The summed E-state index contributed by atoms with van der Waals surface area (Å²) in [4.78, 5) is 23.2. The summed E-state index contributed by atoms with van der Waals surface area (Å²) >= 11 is 0. The summed E-state index contributed by atoms with van der Waals surface area (Å²) in [5.74, 6) is 0.0915. The highest BCUT2D eigenvalue weighted by Gasteiger charge is 2.44. The van der Waals surface area contributed by atoms with Crippen LogP contribution in [0.4, 0.5) is 0 Å². The summed E-state index contributed by atoms with van der Waals surface area (Å²) in [6.07, 6.45) is 1.10. The fraction of sp³-hybridized carbons (Fsp3) is 0.500. The Labute approximate surface area is 119 Å². The number of rotatable bonds is 5. The largest absolute Gasteiger partial charge is 0.469 e. The van der Waals surface area contributed by atoms with Crippen LogP contribution in [0.15, 0.2) is 24.3 Å². The molecule has 1 aliphatic carbocycles. The molecule has 1 saturated carbocycles. The quantitative estimate of drug-likeness (QED) is 0.838. The molecule has 0 aliphatic heterocycles. The molecule has 0 bridgehead atoms. The highest BCUT2D eigenvalue weighted by molar-refractivity contribution is 5.83. The zero-order chi connectivity index (χ0) is 14.7. The smallest absolute Gasteiger partial charge is 0.307 e. The molecule has 1 aromatic rings. The van der Waals surface area contributed by atoms with E-state index in [1.165, 1.54) is 18.2 Å². The molecule has 0 radical (unpaired) electrons. The lowest BCUT2D eigenvalue weighted by Crippen LogP contribution is -2.35. The maximum Gasteiger partial charge on any atom is 0.307 e. The third-order valence-corrected chi connectivity index (χ3v) is 3.69. The second kappa shape index (κ2) is 6.07. The van der Waals surface area contributed by atoms with E-state index < -0.39 is 0 Å². The highest BCUT2D eigenvalue weighted by atomic mass is 16.5. The second-order valence-corrected chi connectivity index (χ2v) is 5.55. The third-order valence-electron chi connectivity index (χ3n) is 3.69. The summed E-state index contributed by atoms with van der Waals surface area (Å²) in [5, 5.41) is 2.88. The predicted molar refractivity (Wildman–Crippen MR) is 76.3 cm³/mol. The van der Waals surface area contributed by atoms with Crippen LogP contribution in [-0.2, 0) is 14.3 Å².